The van der Waals surface area contributed by atoms with Crippen LogP contribution in [-0.4, -0.2) is 16.9 Å². The fourth-order valence-electron chi connectivity index (χ4n) is 1.67. The second kappa shape index (κ2) is 5.00. The number of benzene rings is 1. The first-order chi connectivity index (χ1) is 8.65. The number of aryl methyl sites for hydroxylation is 2. The molecule has 2 rings (SSSR count). The van der Waals surface area contributed by atoms with Crippen molar-refractivity contribution in [2.45, 2.75) is 20.4 Å². The van der Waals surface area contributed by atoms with Gasteiger partial charge >= 0.3 is 0 Å². The average Bonchev–Trinajstić information content (AvgIpc) is 2.67. The molecule has 0 fully saturated rings. The number of methoxy groups -OCH3 is 1. The number of ether oxygens (including phenoxy) is 2. The van der Waals surface area contributed by atoms with E-state index in [1.165, 1.54) is 0 Å². The smallest absolute Gasteiger partial charge is 0.241 e. The quantitative estimate of drug-likeness (QED) is 0.902. The van der Waals surface area contributed by atoms with Crippen LogP contribution in [0.5, 0.6) is 17.4 Å². The van der Waals surface area contributed by atoms with E-state index < -0.39 is 0 Å². The van der Waals surface area contributed by atoms with Crippen molar-refractivity contribution in [1.82, 2.24) is 9.78 Å². The highest BCUT2D eigenvalue weighted by molar-refractivity contribution is 5.54. The number of anilines is 1. The maximum atomic E-state index is 5.96. The summed E-state index contributed by atoms with van der Waals surface area (Å²) in [5, 5.41) is 4.30. The minimum absolute atomic E-state index is 0.569. The fourth-order valence-corrected chi connectivity index (χ4v) is 1.67. The number of hydrogen-bond acceptors (Lipinski definition) is 4. The SMILES string of the molecule is CCn1nc(C)c(N)c1Oc1cccc(OC)c1. The third kappa shape index (κ3) is 2.25. The van der Waals surface area contributed by atoms with Gasteiger partial charge in [-0.05, 0) is 26.0 Å². The Labute approximate surface area is 106 Å². The van der Waals surface area contributed by atoms with Gasteiger partial charge in [0.15, 0.2) is 0 Å². The lowest BCUT2D eigenvalue weighted by Crippen LogP contribution is -2.00. The van der Waals surface area contributed by atoms with Gasteiger partial charge in [-0.2, -0.15) is 5.10 Å². The van der Waals surface area contributed by atoms with Gasteiger partial charge in [0.1, 0.15) is 17.2 Å². The van der Waals surface area contributed by atoms with Gasteiger partial charge in [-0.3, -0.25) is 0 Å². The van der Waals surface area contributed by atoms with Gasteiger partial charge in [0, 0.05) is 12.6 Å². The molecule has 1 aromatic heterocycles. The van der Waals surface area contributed by atoms with Crippen molar-refractivity contribution in [3.8, 4) is 17.4 Å². The normalized spacial score (nSPS) is 10.4. The van der Waals surface area contributed by atoms with Crippen LogP contribution in [0.25, 0.3) is 0 Å². The molecule has 0 saturated carbocycles. The zero-order valence-corrected chi connectivity index (χ0v) is 10.8. The van der Waals surface area contributed by atoms with E-state index in [-0.39, 0.29) is 0 Å². The molecule has 0 amide bonds. The highest BCUT2D eigenvalue weighted by atomic mass is 16.5. The summed E-state index contributed by atoms with van der Waals surface area (Å²) in [6.45, 7) is 4.56. The first-order valence-corrected chi connectivity index (χ1v) is 5.80. The van der Waals surface area contributed by atoms with E-state index in [2.05, 4.69) is 5.10 Å². The molecule has 96 valence electrons. The van der Waals surface area contributed by atoms with E-state index in [0.29, 0.717) is 23.9 Å². The molecule has 2 aromatic rings. The van der Waals surface area contributed by atoms with Crippen molar-refractivity contribution in [3.63, 3.8) is 0 Å². The van der Waals surface area contributed by atoms with Gasteiger partial charge < -0.3 is 15.2 Å². The first-order valence-electron chi connectivity index (χ1n) is 5.80. The molecule has 0 aliphatic heterocycles. The number of aromatic nitrogens is 2. The van der Waals surface area contributed by atoms with Gasteiger partial charge in [0.25, 0.3) is 0 Å². The Hall–Kier alpha value is -2.17. The Morgan fingerprint density at radius 2 is 2.06 bits per heavy atom. The van der Waals surface area contributed by atoms with Crippen molar-refractivity contribution in [3.05, 3.63) is 30.0 Å². The lowest BCUT2D eigenvalue weighted by Gasteiger charge is -2.09. The topological polar surface area (TPSA) is 62.3 Å². The van der Waals surface area contributed by atoms with Crippen LogP contribution in [0.2, 0.25) is 0 Å². The summed E-state index contributed by atoms with van der Waals surface area (Å²) in [4.78, 5) is 0. The van der Waals surface area contributed by atoms with Gasteiger partial charge in [0.2, 0.25) is 5.88 Å². The van der Waals surface area contributed by atoms with Crippen LogP contribution in [0.3, 0.4) is 0 Å². The van der Waals surface area contributed by atoms with Crippen LogP contribution in [0, 0.1) is 6.92 Å². The Kier molecular flexibility index (Phi) is 3.41. The summed E-state index contributed by atoms with van der Waals surface area (Å²) < 4.78 is 12.7. The number of nitrogen functional groups attached to an aromatic ring is 1. The molecule has 1 aromatic carbocycles. The van der Waals surface area contributed by atoms with Gasteiger partial charge in [-0.15, -0.1) is 0 Å². The summed E-state index contributed by atoms with van der Waals surface area (Å²) >= 11 is 0. The zero-order chi connectivity index (χ0) is 13.1. The molecule has 5 nitrogen and oxygen atoms in total. The predicted molar refractivity (Wildman–Crippen MR) is 70.1 cm³/mol. The fraction of sp³-hybridized carbons (Fsp3) is 0.308. The van der Waals surface area contributed by atoms with Crippen LogP contribution in [0.4, 0.5) is 5.69 Å². The maximum Gasteiger partial charge on any atom is 0.241 e. The summed E-state index contributed by atoms with van der Waals surface area (Å²) in [6, 6.07) is 7.38. The Morgan fingerprint density at radius 3 is 2.72 bits per heavy atom. The van der Waals surface area contributed by atoms with Crippen LogP contribution >= 0.6 is 0 Å². The zero-order valence-electron chi connectivity index (χ0n) is 10.8. The molecule has 0 spiro atoms. The van der Waals surface area contributed by atoms with E-state index in [0.717, 1.165) is 11.4 Å². The molecular formula is C13H17N3O2. The number of nitrogens with two attached hydrogens (primary N) is 1. The van der Waals surface area contributed by atoms with Gasteiger partial charge in [-0.1, -0.05) is 6.07 Å². The Bertz CT molecular complexity index is 549. The molecule has 0 bridgehead atoms. The van der Waals surface area contributed by atoms with E-state index in [1.54, 1.807) is 11.8 Å². The van der Waals surface area contributed by atoms with E-state index in [9.17, 15) is 0 Å². The van der Waals surface area contributed by atoms with E-state index in [4.69, 9.17) is 15.2 Å². The van der Waals surface area contributed by atoms with Crippen LogP contribution in [0.15, 0.2) is 24.3 Å². The molecule has 0 radical (unpaired) electrons. The third-order valence-corrected chi connectivity index (χ3v) is 2.68. The molecule has 0 saturated heterocycles. The largest absolute Gasteiger partial charge is 0.497 e. The lowest BCUT2D eigenvalue weighted by molar-refractivity contribution is 0.398. The van der Waals surface area contributed by atoms with Crippen molar-refractivity contribution >= 4 is 5.69 Å². The van der Waals surface area contributed by atoms with Crippen LogP contribution < -0.4 is 15.2 Å². The van der Waals surface area contributed by atoms with E-state index in [1.807, 2.05) is 38.1 Å². The van der Waals surface area contributed by atoms with Crippen molar-refractivity contribution in [2.75, 3.05) is 12.8 Å². The standard InChI is InChI=1S/C13H17N3O2/c1-4-16-13(12(14)9(2)15-16)18-11-7-5-6-10(8-11)17-3/h5-8H,4,14H2,1-3H3. The third-order valence-electron chi connectivity index (χ3n) is 2.68. The first kappa shape index (κ1) is 12.3. The molecule has 5 heteroatoms. The molecule has 0 unspecified atom stereocenters. The number of hydrogen-bond donors (Lipinski definition) is 1. The van der Waals surface area contributed by atoms with Crippen molar-refractivity contribution in [1.29, 1.82) is 0 Å². The molecule has 18 heavy (non-hydrogen) atoms. The lowest BCUT2D eigenvalue weighted by atomic mass is 10.3. The van der Waals surface area contributed by atoms with Crippen molar-refractivity contribution < 1.29 is 9.47 Å². The average molecular weight is 247 g/mol. The van der Waals surface area contributed by atoms with Gasteiger partial charge in [0.05, 0.1) is 12.8 Å². The van der Waals surface area contributed by atoms with Gasteiger partial charge in [-0.25, -0.2) is 4.68 Å². The molecular weight excluding hydrogens is 230 g/mol. The summed E-state index contributed by atoms with van der Waals surface area (Å²) in [6.07, 6.45) is 0. The van der Waals surface area contributed by atoms with Crippen LogP contribution in [0.1, 0.15) is 12.6 Å². The minimum Gasteiger partial charge on any atom is -0.497 e. The second-order valence-electron chi connectivity index (χ2n) is 3.90. The van der Waals surface area contributed by atoms with Crippen molar-refractivity contribution in [2.24, 2.45) is 0 Å². The highest BCUT2D eigenvalue weighted by Crippen LogP contribution is 2.31. The summed E-state index contributed by atoms with van der Waals surface area (Å²) in [5.41, 5.74) is 7.30. The number of rotatable bonds is 4. The Balaban J connectivity index is 2.33. The summed E-state index contributed by atoms with van der Waals surface area (Å²) in [5.74, 6) is 1.99. The predicted octanol–water partition coefficient (Wildman–Crippen LogP) is 2.59. The molecule has 0 atom stereocenters. The van der Waals surface area contributed by atoms with E-state index >= 15 is 0 Å². The number of nitrogens with zero attached hydrogens (tertiary/aromatic N) is 2. The second-order valence-corrected chi connectivity index (χ2v) is 3.90. The Morgan fingerprint density at radius 1 is 1.33 bits per heavy atom. The molecule has 2 N–H and O–H groups in total. The maximum absolute atomic E-state index is 5.96. The van der Waals surface area contributed by atoms with Crippen LogP contribution in [-0.2, 0) is 6.54 Å². The summed E-state index contributed by atoms with van der Waals surface area (Å²) in [7, 11) is 1.62. The minimum atomic E-state index is 0.569. The molecule has 1 heterocycles. The molecule has 0 aliphatic carbocycles. The molecule has 0 aliphatic rings. The highest BCUT2D eigenvalue weighted by Gasteiger charge is 2.13. The monoisotopic (exact) mass is 247 g/mol.